The average Bonchev–Trinajstić information content (AvgIpc) is 2.53. The van der Waals surface area contributed by atoms with Gasteiger partial charge in [-0.05, 0) is 44.4 Å². The van der Waals surface area contributed by atoms with E-state index in [4.69, 9.17) is 0 Å². The summed E-state index contributed by atoms with van der Waals surface area (Å²) in [5, 5.41) is 3.40. The monoisotopic (exact) mass is 273 g/mol. The number of anilines is 1. The Morgan fingerprint density at radius 2 is 1.90 bits per heavy atom. The SMILES string of the molecule is CN1C(=O)[C@H](Cc2ccc(N3CCC3)cc2)NC1(C)C. The molecule has 0 aliphatic carbocycles. The molecule has 1 atom stereocenters. The molecule has 0 spiro atoms. The van der Waals surface area contributed by atoms with E-state index >= 15 is 0 Å². The van der Waals surface area contributed by atoms with Crippen LogP contribution in [0.15, 0.2) is 24.3 Å². The Morgan fingerprint density at radius 1 is 1.25 bits per heavy atom. The third-order valence-electron chi connectivity index (χ3n) is 4.59. The number of carbonyl (C=O) groups excluding carboxylic acids is 1. The van der Waals surface area contributed by atoms with Crippen LogP contribution in [0.2, 0.25) is 0 Å². The van der Waals surface area contributed by atoms with Crippen LogP contribution in [0, 0.1) is 0 Å². The number of rotatable bonds is 3. The van der Waals surface area contributed by atoms with Crippen LogP contribution in [0.3, 0.4) is 0 Å². The summed E-state index contributed by atoms with van der Waals surface area (Å²) < 4.78 is 0. The Labute approximate surface area is 120 Å². The molecule has 1 N–H and O–H groups in total. The maximum atomic E-state index is 12.2. The molecular formula is C16H23N3O. The number of hydrogen-bond donors (Lipinski definition) is 1. The van der Waals surface area contributed by atoms with Gasteiger partial charge in [0.1, 0.15) is 0 Å². The standard InChI is InChI=1S/C16H23N3O/c1-16(2)17-14(15(20)18(16)3)11-12-5-7-13(8-6-12)19-9-4-10-19/h5-8,14,17H,4,9-11H2,1-3H3/t14-/m0/s1. The van der Waals surface area contributed by atoms with Crippen molar-refractivity contribution in [3.05, 3.63) is 29.8 Å². The van der Waals surface area contributed by atoms with Crippen molar-refractivity contribution in [3.8, 4) is 0 Å². The summed E-state index contributed by atoms with van der Waals surface area (Å²) in [4.78, 5) is 16.4. The first-order chi connectivity index (χ1) is 9.47. The summed E-state index contributed by atoms with van der Waals surface area (Å²) in [5.74, 6) is 0.182. The highest BCUT2D eigenvalue weighted by Gasteiger charge is 2.41. The third kappa shape index (κ3) is 2.29. The van der Waals surface area contributed by atoms with Crippen LogP contribution in [0.25, 0.3) is 0 Å². The third-order valence-corrected chi connectivity index (χ3v) is 4.59. The van der Waals surface area contributed by atoms with Gasteiger partial charge in [-0.25, -0.2) is 0 Å². The number of hydrogen-bond acceptors (Lipinski definition) is 3. The van der Waals surface area contributed by atoms with Crippen LogP contribution in [0.4, 0.5) is 5.69 Å². The van der Waals surface area contributed by atoms with Gasteiger partial charge in [0.05, 0.1) is 11.7 Å². The van der Waals surface area contributed by atoms with Crippen molar-refractivity contribution in [3.63, 3.8) is 0 Å². The lowest BCUT2D eigenvalue weighted by atomic mass is 10.0. The summed E-state index contributed by atoms with van der Waals surface area (Å²) in [5.41, 5.74) is 2.26. The van der Waals surface area contributed by atoms with Gasteiger partial charge in [0.2, 0.25) is 5.91 Å². The topological polar surface area (TPSA) is 35.6 Å². The summed E-state index contributed by atoms with van der Waals surface area (Å²) in [6.07, 6.45) is 2.05. The van der Waals surface area contributed by atoms with Crippen LogP contribution < -0.4 is 10.2 Å². The lowest BCUT2D eigenvalue weighted by Gasteiger charge is -2.33. The molecule has 0 bridgehead atoms. The molecule has 2 aliphatic heterocycles. The van der Waals surface area contributed by atoms with Crippen LogP contribution in [-0.2, 0) is 11.2 Å². The number of nitrogens with one attached hydrogen (secondary N) is 1. The van der Waals surface area contributed by atoms with Gasteiger partial charge in [0.25, 0.3) is 0 Å². The predicted octanol–water partition coefficient (Wildman–Crippen LogP) is 1.61. The molecule has 2 saturated heterocycles. The second kappa shape index (κ2) is 4.77. The number of carbonyl (C=O) groups is 1. The lowest BCUT2D eigenvalue weighted by Crippen LogP contribution is -2.45. The van der Waals surface area contributed by atoms with Crippen molar-refractivity contribution >= 4 is 11.6 Å². The number of amides is 1. The number of nitrogens with zero attached hydrogens (tertiary/aromatic N) is 2. The van der Waals surface area contributed by atoms with E-state index in [0.29, 0.717) is 0 Å². The molecular weight excluding hydrogens is 250 g/mol. The second-order valence-electron chi connectivity index (χ2n) is 6.36. The molecule has 0 radical (unpaired) electrons. The van der Waals surface area contributed by atoms with Gasteiger partial charge >= 0.3 is 0 Å². The Hall–Kier alpha value is -1.55. The minimum atomic E-state index is -0.251. The molecule has 20 heavy (non-hydrogen) atoms. The van der Waals surface area contributed by atoms with Crippen molar-refractivity contribution < 1.29 is 4.79 Å². The maximum absolute atomic E-state index is 12.2. The molecule has 0 saturated carbocycles. The van der Waals surface area contributed by atoms with E-state index < -0.39 is 0 Å². The zero-order valence-corrected chi connectivity index (χ0v) is 12.5. The van der Waals surface area contributed by atoms with E-state index in [1.54, 1.807) is 4.90 Å². The smallest absolute Gasteiger partial charge is 0.241 e. The summed E-state index contributed by atoms with van der Waals surface area (Å²) in [6.45, 7) is 6.41. The van der Waals surface area contributed by atoms with Gasteiger partial charge in [0.15, 0.2) is 0 Å². The highest BCUT2D eigenvalue weighted by molar-refractivity contribution is 5.85. The van der Waals surface area contributed by atoms with E-state index in [2.05, 4.69) is 34.5 Å². The predicted molar refractivity (Wildman–Crippen MR) is 80.7 cm³/mol. The fourth-order valence-electron chi connectivity index (χ4n) is 2.89. The van der Waals surface area contributed by atoms with Gasteiger partial charge in [-0.3, -0.25) is 10.1 Å². The average molecular weight is 273 g/mol. The molecule has 1 aromatic carbocycles. The molecule has 2 heterocycles. The molecule has 108 valence electrons. The van der Waals surface area contributed by atoms with Crippen molar-refractivity contribution in [1.29, 1.82) is 0 Å². The zero-order chi connectivity index (χ0) is 14.3. The van der Waals surface area contributed by atoms with Crippen molar-refractivity contribution in [2.24, 2.45) is 0 Å². The van der Waals surface area contributed by atoms with Crippen LogP contribution in [0.1, 0.15) is 25.8 Å². The Bertz CT molecular complexity index is 505. The van der Waals surface area contributed by atoms with Gasteiger partial charge in [-0.15, -0.1) is 0 Å². The largest absolute Gasteiger partial charge is 0.371 e. The highest BCUT2D eigenvalue weighted by Crippen LogP contribution is 2.24. The molecule has 2 fully saturated rings. The van der Waals surface area contributed by atoms with Crippen LogP contribution in [-0.4, -0.2) is 42.6 Å². The molecule has 4 heteroatoms. The van der Waals surface area contributed by atoms with Crippen LogP contribution in [0.5, 0.6) is 0 Å². The molecule has 0 aromatic heterocycles. The van der Waals surface area contributed by atoms with Crippen molar-refractivity contribution in [2.75, 3.05) is 25.0 Å². The zero-order valence-electron chi connectivity index (χ0n) is 12.5. The minimum absolute atomic E-state index is 0.107. The maximum Gasteiger partial charge on any atom is 0.241 e. The Morgan fingerprint density at radius 3 is 2.35 bits per heavy atom. The van der Waals surface area contributed by atoms with E-state index in [-0.39, 0.29) is 17.6 Å². The van der Waals surface area contributed by atoms with E-state index in [1.807, 2.05) is 20.9 Å². The molecule has 2 aliphatic rings. The number of likely N-dealkylation sites (N-methyl/N-ethyl adjacent to an activating group) is 1. The van der Waals surface area contributed by atoms with Gasteiger partial charge in [-0.1, -0.05) is 12.1 Å². The number of benzene rings is 1. The van der Waals surface area contributed by atoms with Crippen LogP contribution >= 0.6 is 0 Å². The highest BCUT2D eigenvalue weighted by atomic mass is 16.2. The first-order valence-corrected chi connectivity index (χ1v) is 7.37. The van der Waals surface area contributed by atoms with Gasteiger partial charge in [-0.2, -0.15) is 0 Å². The fraction of sp³-hybridized carbons (Fsp3) is 0.562. The minimum Gasteiger partial charge on any atom is -0.371 e. The van der Waals surface area contributed by atoms with E-state index in [1.165, 1.54) is 30.8 Å². The summed E-state index contributed by atoms with van der Waals surface area (Å²) in [7, 11) is 1.86. The first-order valence-electron chi connectivity index (χ1n) is 7.37. The van der Waals surface area contributed by atoms with Crippen molar-refractivity contribution in [1.82, 2.24) is 10.2 Å². The van der Waals surface area contributed by atoms with E-state index in [9.17, 15) is 4.79 Å². The Balaban J connectivity index is 1.67. The second-order valence-corrected chi connectivity index (χ2v) is 6.36. The van der Waals surface area contributed by atoms with Gasteiger partial charge in [0, 0.05) is 25.8 Å². The Kier molecular flexibility index (Phi) is 3.21. The molecule has 0 unspecified atom stereocenters. The lowest BCUT2D eigenvalue weighted by molar-refractivity contribution is -0.129. The summed E-state index contributed by atoms with van der Waals surface area (Å²) >= 11 is 0. The first kappa shape index (κ1) is 13.4. The quantitative estimate of drug-likeness (QED) is 0.909. The molecule has 1 amide bonds. The van der Waals surface area contributed by atoms with Gasteiger partial charge < -0.3 is 9.80 Å². The summed E-state index contributed by atoms with van der Waals surface area (Å²) in [6, 6.07) is 8.53. The molecule has 1 aromatic rings. The fourth-order valence-corrected chi connectivity index (χ4v) is 2.89. The van der Waals surface area contributed by atoms with E-state index in [0.717, 1.165) is 6.42 Å². The normalized spacial score (nSPS) is 24.9. The molecule has 4 nitrogen and oxygen atoms in total. The molecule has 3 rings (SSSR count). The van der Waals surface area contributed by atoms with Crippen molar-refractivity contribution in [2.45, 2.75) is 38.4 Å².